The Labute approximate surface area is 126 Å². The summed E-state index contributed by atoms with van der Waals surface area (Å²) in [6.07, 6.45) is 6.50. The zero-order valence-electron chi connectivity index (χ0n) is 13.2. The van der Waals surface area contributed by atoms with E-state index < -0.39 is 0 Å². The quantitative estimate of drug-likeness (QED) is 0.681. The van der Waals surface area contributed by atoms with Crippen LogP contribution in [0.2, 0.25) is 0 Å². The number of aryl methyl sites for hydroxylation is 3. The van der Waals surface area contributed by atoms with Gasteiger partial charge in [-0.05, 0) is 31.4 Å². The molecule has 0 radical (unpaired) electrons. The topological polar surface area (TPSA) is 30.7 Å². The number of unbranched alkanes of at least 4 members (excludes halogenated alkanes) is 1. The van der Waals surface area contributed by atoms with Gasteiger partial charge in [0.1, 0.15) is 11.3 Å². The second kappa shape index (κ2) is 5.84. The molecule has 2 heterocycles. The summed E-state index contributed by atoms with van der Waals surface area (Å²) in [4.78, 5) is 9.43. The molecule has 3 nitrogen and oxygen atoms in total. The number of benzene rings is 1. The Kier molecular flexibility index (Phi) is 3.91. The van der Waals surface area contributed by atoms with E-state index in [1.807, 2.05) is 6.20 Å². The van der Waals surface area contributed by atoms with E-state index >= 15 is 0 Å². The average Bonchev–Trinajstić information content (AvgIpc) is 2.83. The van der Waals surface area contributed by atoms with E-state index in [1.165, 1.54) is 35.1 Å². The molecule has 3 heteroatoms. The number of pyridine rings is 1. The van der Waals surface area contributed by atoms with Gasteiger partial charge in [-0.15, -0.1) is 0 Å². The van der Waals surface area contributed by atoms with Crippen LogP contribution in [0.5, 0.6) is 0 Å². The van der Waals surface area contributed by atoms with E-state index in [4.69, 9.17) is 4.98 Å². The van der Waals surface area contributed by atoms with Crippen LogP contribution in [0.15, 0.2) is 24.4 Å². The van der Waals surface area contributed by atoms with E-state index in [0.29, 0.717) is 0 Å². The van der Waals surface area contributed by atoms with Crippen molar-refractivity contribution in [1.29, 1.82) is 0 Å². The minimum Gasteiger partial charge on any atom is -0.327 e. The molecule has 0 unspecified atom stereocenters. The van der Waals surface area contributed by atoms with Crippen LogP contribution >= 0.6 is 0 Å². The molecule has 0 aliphatic heterocycles. The number of nitrogens with zero attached hydrogens (tertiary/aromatic N) is 3. The Morgan fingerprint density at radius 3 is 2.71 bits per heavy atom. The maximum Gasteiger partial charge on any atom is 0.109 e. The first kappa shape index (κ1) is 14.1. The molecule has 3 rings (SSSR count). The van der Waals surface area contributed by atoms with Gasteiger partial charge in [-0.1, -0.05) is 32.4 Å². The highest BCUT2D eigenvalue weighted by molar-refractivity contribution is 6.02. The summed E-state index contributed by atoms with van der Waals surface area (Å²) < 4.78 is 2.41. The minimum atomic E-state index is 1.03. The number of rotatable bonds is 5. The van der Waals surface area contributed by atoms with Crippen molar-refractivity contribution in [3.63, 3.8) is 0 Å². The van der Waals surface area contributed by atoms with Crippen molar-refractivity contribution in [1.82, 2.24) is 14.5 Å². The van der Waals surface area contributed by atoms with Crippen LogP contribution < -0.4 is 0 Å². The Balaban J connectivity index is 2.26. The van der Waals surface area contributed by atoms with E-state index in [-0.39, 0.29) is 0 Å². The Hall–Kier alpha value is -1.90. The largest absolute Gasteiger partial charge is 0.327 e. The summed E-state index contributed by atoms with van der Waals surface area (Å²) in [5, 5.41) is 1.22. The fourth-order valence-corrected chi connectivity index (χ4v) is 2.96. The molecule has 0 atom stereocenters. The van der Waals surface area contributed by atoms with Gasteiger partial charge in [0.2, 0.25) is 0 Å². The standard InChI is InChI=1S/C18H23N3/c1-4-6-7-17-20-16-12-19-15-11-13(3)8-9-14(15)18(16)21(17)10-5-2/h8-9,11-12H,4-7,10H2,1-3H3. The van der Waals surface area contributed by atoms with Gasteiger partial charge in [0.25, 0.3) is 0 Å². The summed E-state index contributed by atoms with van der Waals surface area (Å²) in [6, 6.07) is 6.51. The van der Waals surface area contributed by atoms with Crippen LogP contribution in [0.1, 0.15) is 44.5 Å². The molecule has 3 aromatic rings. The molecular weight excluding hydrogens is 258 g/mol. The van der Waals surface area contributed by atoms with Crippen LogP contribution in [-0.4, -0.2) is 14.5 Å². The van der Waals surface area contributed by atoms with E-state index in [0.717, 1.165) is 30.4 Å². The highest BCUT2D eigenvalue weighted by Crippen LogP contribution is 2.26. The summed E-state index contributed by atoms with van der Waals surface area (Å²) in [5.41, 5.74) is 4.61. The number of hydrogen-bond donors (Lipinski definition) is 0. The number of aromatic nitrogens is 3. The lowest BCUT2D eigenvalue weighted by Gasteiger charge is -2.09. The highest BCUT2D eigenvalue weighted by Gasteiger charge is 2.13. The maximum atomic E-state index is 4.84. The molecule has 0 spiro atoms. The molecule has 0 aliphatic carbocycles. The average molecular weight is 281 g/mol. The second-order valence-corrected chi connectivity index (χ2v) is 5.80. The summed E-state index contributed by atoms with van der Waals surface area (Å²) in [7, 11) is 0. The summed E-state index contributed by atoms with van der Waals surface area (Å²) >= 11 is 0. The predicted molar refractivity (Wildman–Crippen MR) is 88.7 cm³/mol. The van der Waals surface area contributed by atoms with Crippen LogP contribution in [0, 0.1) is 6.92 Å². The first-order chi connectivity index (χ1) is 10.2. The molecule has 0 saturated carbocycles. The lowest BCUT2D eigenvalue weighted by molar-refractivity contribution is 0.634. The van der Waals surface area contributed by atoms with Crippen LogP contribution in [0.25, 0.3) is 21.9 Å². The zero-order chi connectivity index (χ0) is 14.8. The number of hydrogen-bond acceptors (Lipinski definition) is 2. The molecule has 110 valence electrons. The molecule has 0 bridgehead atoms. The third-order valence-electron chi connectivity index (χ3n) is 4.01. The van der Waals surface area contributed by atoms with Crippen molar-refractivity contribution in [2.45, 2.75) is 53.0 Å². The fourth-order valence-electron chi connectivity index (χ4n) is 2.96. The molecule has 0 fully saturated rings. The van der Waals surface area contributed by atoms with Crippen molar-refractivity contribution in [2.24, 2.45) is 0 Å². The molecule has 0 amide bonds. The molecule has 1 aromatic carbocycles. The van der Waals surface area contributed by atoms with Crippen molar-refractivity contribution in [3.8, 4) is 0 Å². The second-order valence-electron chi connectivity index (χ2n) is 5.80. The van der Waals surface area contributed by atoms with Crippen molar-refractivity contribution in [3.05, 3.63) is 35.8 Å². The van der Waals surface area contributed by atoms with Gasteiger partial charge in [-0.25, -0.2) is 4.98 Å². The van der Waals surface area contributed by atoms with Crippen molar-refractivity contribution >= 4 is 21.9 Å². The smallest absolute Gasteiger partial charge is 0.109 e. The van der Waals surface area contributed by atoms with Crippen LogP contribution in [-0.2, 0) is 13.0 Å². The monoisotopic (exact) mass is 281 g/mol. The van der Waals surface area contributed by atoms with E-state index in [9.17, 15) is 0 Å². The van der Waals surface area contributed by atoms with Crippen molar-refractivity contribution < 1.29 is 0 Å². The van der Waals surface area contributed by atoms with Gasteiger partial charge in [-0.2, -0.15) is 0 Å². The van der Waals surface area contributed by atoms with Crippen molar-refractivity contribution in [2.75, 3.05) is 0 Å². The van der Waals surface area contributed by atoms with Crippen LogP contribution in [0.4, 0.5) is 0 Å². The van der Waals surface area contributed by atoms with Gasteiger partial charge in [0, 0.05) is 18.4 Å². The Morgan fingerprint density at radius 2 is 1.95 bits per heavy atom. The molecule has 2 aromatic heterocycles. The van der Waals surface area contributed by atoms with Gasteiger partial charge in [-0.3, -0.25) is 4.98 Å². The predicted octanol–water partition coefficient (Wildman–Crippen LogP) is 4.65. The fraction of sp³-hybridized carbons (Fsp3) is 0.444. The first-order valence-corrected chi connectivity index (χ1v) is 7.99. The van der Waals surface area contributed by atoms with Gasteiger partial charge < -0.3 is 4.57 Å². The zero-order valence-corrected chi connectivity index (χ0v) is 13.2. The normalized spacial score (nSPS) is 11.6. The summed E-state index contributed by atoms with van der Waals surface area (Å²) in [6.45, 7) is 7.60. The summed E-state index contributed by atoms with van der Waals surface area (Å²) in [5.74, 6) is 1.21. The molecule has 0 N–H and O–H groups in total. The Bertz CT molecular complexity index is 771. The maximum absolute atomic E-state index is 4.84. The molecule has 0 aliphatic rings. The van der Waals surface area contributed by atoms with E-state index in [2.05, 4.69) is 48.5 Å². The van der Waals surface area contributed by atoms with Gasteiger partial charge >= 0.3 is 0 Å². The third kappa shape index (κ3) is 2.53. The number of fused-ring (bicyclic) bond motifs is 3. The third-order valence-corrected chi connectivity index (χ3v) is 4.01. The Morgan fingerprint density at radius 1 is 1.10 bits per heavy atom. The number of imidazole rings is 1. The lowest BCUT2D eigenvalue weighted by Crippen LogP contribution is -2.03. The SMILES string of the molecule is CCCCc1nc2cnc3cc(C)ccc3c2n1CCC. The molecule has 0 saturated heterocycles. The van der Waals surface area contributed by atoms with Crippen LogP contribution in [0.3, 0.4) is 0 Å². The van der Waals surface area contributed by atoms with Gasteiger partial charge in [0.05, 0.1) is 17.2 Å². The first-order valence-electron chi connectivity index (χ1n) is 7.99. The minimum absolute atomic E-state index is 1.03. The molecule has 21 heavy (non-hydrogen) atoms. The highest BCUT2D eigenvalue weighted by atomic mass is 15.1. The lowest BCUT2D eigenvalue weighted by atomic mass is 10.1. The van der Waals surface area contributed by atoms with E-state index in [1.54, 1.807) is 0 Å². The molecular formula is C18H23N3. The van der Waals surface area contributed by atoms with Gasteiger partial charge in [0.15, 0.2) is 0 Å².